The Kier molecular flexibility index (Phi) is 7.39. The van der Waals surface area contributed by atoms with Crippen LogP contribution in [0.4, 0.5) is 22.0 Å². The summed E-state index contributed by atoms with van der Waals surface area (Å²) in [6.45, 7) is 7.74. The standard InChI is InChI=1S/C25H27F5N2/c1-17(2)18(3)32(15-20-8-11-23(26)24(27)13-20)16-22-5-4-12-31(22)14-19-6-9-21(10-7-19)25(28,29)30/h4-13,17-18H,14-16H2,1-3H3/t18-/m0/s1. The van der Waals surface area contributed by atoms with Gasteiger partial charge in [-0.1, -0.05) is 32.0 Å². The largest absolute Gasteiger partial charge is 0.416 e. The van der Waals surface area contributed by atoms with E-state index in [-0.39, 0.29) is 6.04 Å². The summed E-state index contributed by atoms with van der Waals surface area (Å²) in [4.78, 5) is 2.19. The number of aromatic nitrogens is 1. The van der Waals surface area contributed by atoms with Crippen LogP contribution < -0.4 is 0 Å². The maximum absolute atomic E-state index is 13.7. The van der Waals surface area contributed by atoms with Crippen molar-refractivity contribution >= 4 is 0 Å². The van der Waals surface area contributed by atoms with E-state index in [0.717, 1.165) is 29.5 Å². The molecule has 0 aliphatic carbocycles. The van der Waals surface area contributed by atoms with Crippen molar-refractivity contribution in [3.05, 3.63) is 94.8 Å². The molecule has 0 aliphatic heterocycles. The molecule has 2 nitrogen and oxygen atoms in total. The SMILES string of the molecule is CC(C)[C@H](C)N(Cc1ccc(F)c(F)c1)Cc1cccn1Cc1ccc(C(F)(F)F)cc1. The number of alkyl halides is 3. The Labute approximate surface area is 185 Å². The van der Waals surface area contributed by atoms with E-state index in [4.69, 9.17) is 0 Å². The lowest BCUT2D eigenvalue weighted by Crippen LogP contribution is -2.36. The van der Waals surface area contributed by atoms with Crippen molar-refractivity contribution in [1.82, 2.24) is 9.47 Å². The van der Waals surface area contributed by atoms with Crippen LogP contribution in [0.15, 0.2) is 60.8 Å². The number of benzene rings is 2. The summed E-state index contributed by atoms with van der Waals surface area (Å²) in [6, 6.07) is 13.1. The van der Waals surface area contributed by atoms with Crippen molar-refractivity contribution in [3.63, 3.8) is 0 Å². The fourth-order valence-electron chi connectivity index (χ4n) is 3.59. The van der Waals surface area contributed by atoms with Crippen molar-refractivity contribution in [2.45, 2.75) is 52.6 Å². The van der Waals surface area contributed by atoms with Crippen molar-refractivity contribution in [3.8, 4) is 0 Å². The third-order valence-electron chi connectivity index (χ3n) is 5.83. The Morgan fingerprint density at radius 3 is 2.09 bits per heavy atom. The Morgan fingerprint density at radius 1 is 0.844 bits per heavy atom. The van der Waals surface area contributed by atoms with E-state index in [2.05, 4.69) is 25.7 Å². The molecule has 0 amide bonds. The summed E-state index contributed by atoms with van der Waals surface area (Å²) in [5.41, 5.74) is 1.76. The molecule has 1 atom stereocenters. The molecule has 2 aromatic carbocycles. The molecule has 0 saturated heterocycles. The zero-order valence-corrected chi connectivity index (χ0v) is 18.3. The summed E-state index contributed by atoms with van der Waals surface area (Å²) in [6.07, 6.45) is -2.47. The van der Waals surface area contributed by atoms with Gasteiger partial charge in [0.25, 0.3) is 0 Å². The van der Waals surface area contributed by atoms with E-state index in [1.807, 2.05) is 22.9 Å². The van der Waals surface area contributed by atoms with Gasteiger partial charge in [0.05, 0.1) is 5.56 Å². The van der Waals surface area contributed by atoms with Crippen molar-refractivity contribution in [2.75, 3.05) is 0 Å². The normalized spacial score (nSPS) is 13.2. The molecule has 0 saturated carbocycles. The Balaban J connectivity index is 1.78. The third-order valence-corrected chi connectivity index (χ3v) is 5.83. The highest BCUT2D eigenvalue weighted by molar-refractivity contribution is 5.25. The Bertz CT molecular complexity index is 1020. The lowest BCUT2D eigenvalue weighted by molar-refractivity contribution is -0.137. The fraction of sp³-hybridized carbons (Fsp3) is 0.360. The molecule has 3 rings (SSSR count). The van der Waals surface area contributed by atoms with Crippen LogP contribution in [0, 0.1) is 17.6 Å². The van der Waals surface area contributed by atoms with Crippen LogP contribution in [0.1, 0.15) is 43.2 Å². The van der Waals surface area contributed by atoms with Gasteiger partial charge in [0, 0.05) is 37.6 Å². The van der Waals surface area contributed by atoms with Crippen LogP contribution in [0.2, 0.25) is 0 Å². The average Bonchev–Trinajstić information content (AvgIpc) is 3.16. The second-order valence-corrected chi connectivity index (χ2v) is 8.46. The molecule has 32 heavy (non-hydrogen) atoms. The van der Waals surface area contributed by atoms with Gasteiger partial charge in [-0.05, 0) is 60.4 Å². The van der Waals surface area contributed by atoms with Crippen LogP contribution in [0.5, 0.6) is 0 Å². The third kappa shape index (κ3) is 5.97. The summed E-state index contributed by atoms with van der Waals surface area (Å²) in [7, 11) is 0. The average molecular weight is 450 g/mol. The summed E-state index contributed by atoms with van der Waals surface area (Å²) in [5.74, 6) is -1.41. The van der Waals surface area contributed by atoms with Crippen molar-refractivity contribution in [1.29, 1.82) is 0 Å². The lowest BCUT2D eigenvalue weighted by Gasteiger charge is -2.32. The number of rotatable bonds is 8. The van der Waals surface area contributed by atoms with Gasteiger partial charge in [-0.3, -0.25) is 4.90 Å². The molecule has 1 aromatic heterocycles. The van der Waals surface area contributed by atoms with Gasteiger partial charge in [-0.15, -0.1) is 0 Å². The predicted molar refractivity (Wildman–Crippen MR) is 115 cm³/mol. The molecule has 0 fully saturated rings. The first-order valence-electron chi connectivity index (χ1n) is 10.5. The minimum Gasteiger partial charge on any atom is -0.346 e. The molecule has 0 N–H and O–H groups in total. The van der Waals surface area contributed by atoms with E-state index >= 15 is 0 Å². The molecular weight excluding hydrogens is 423 g/mol. The molecule has 0 bridgehead atoms. The summed E-state index contributed by atoms with van der Waals surface area (Å²) >= 11 is 0. The number of hydrogen-bond donors (Lipinski definition) is 0. The zero-order valence-electron chi connectivity index (χ0n) is 18.3. The smallest absolute Gasteiger partial charge is 0.346 e. The molecule has 7 heteroatoms. The first-order valence-corrected chi connectivity index (χ1v) is 10.5. The monoisotopic (exact) mass is 450 g/mol. The predicted octanol–water partition coefficient (Wildman–Crippen LogP) is 6.88. The van der Waals surface area contributed by atoms with Crippen LogP contribution in [0.3, 0.4) is 0 Å². The minimum atomic E-state index is -4.36. The van der Waals surface area contributed by atoms with E-state index in [1.165, 1.54) is 18.2 Å². The Morgan fingerprint density at radius 2 is 1.50 bits per heavy atom. The quantitative estimate of drug-likeness (QED) is 0.340. The highest BCUT2D eigenvalue weighted by Crippen LogP contribution is 2.29. The fourth-order valence-corrected chi connectivity index (χ4v) is 3.59. The van der Waals surface area contributed by atoms with Gasteiger partial charge in [0.15, 0.2) is 11.6 Å². The van der Waals surface area contributed by atoms with Gasteiger partial charge in [-0.25, -0.2) is 8.78 Å². The van der Waals surface area contributed by atoms with E-state index in [9.17, 15) is 22.0 Å². The maximum atomic E-state index is 13.7. The van der Waals surface area contributed by atoms with Gasteiger partial charge < -0.3 is 4.57 Å². The molecular formula is C25H27F5N2. The lowest BCUT2D eigenvalue weighted by atomic mass is 10.0. The minimum absolute atomic E-state index is 0.164. The first-order chi connectivity index (χ1) is 15.0. The zero-order chi connectivity index (χ0) is 23.5. The van der Waals surface area contributed by atoms with Crippen LogP contribution in [-0.4, -0.2) is 15.5 Å². The number of hydrogen-bond acceptors (Lipinski definition) is 1. The first kappa shape index (κ1) is 24.0. The second kappa shape index (κ2) is 9.86. The van der Waals surface area contributed by atoms with Crippen molar-refractivity contribution < 1.29 is 22.0 Å². The van der Waals surface area contributed by atoms with Gasteiger partial charge in [-0.2, -0.15) is 13.2 Å². The van der Waals surface area contributed by atoms with Gasteiger partial charge >= 0.3 is 6.18 Å². The van der Waals surface area contributed by atoms with Crippen LogP contribution >= 0.6 is 0 Å². The number of nitrogens with zero attached hydrogens (tertiary/aromatic N) is 2. The van der Waals surface area contributed by atoms with Crippen molar-refractivity contribution in [2.24, 2.45) is 5.92 Å². The highest BCUT2D eigenvalue weighted by Gasteiger charge is 2.30. The molecule has 0 radical (unpaired) electrons. The summed E-state index contributed by atoms with van der Waals surface area (Å²) in [5, 5.41) is 0. The van der Waals surface area contributed by atoms with Gasteiger partial charge in [0.2, 0.25) is 0 Å². The molecule has 0 aliphatic rings. The number of halogens is 5. The van der Waals surface area contributed by atoms with Crippen LogP contribution in [0.25, 0.3) is 0 Å². The molecule has 172 valence electrons. The maximum Gasteiger partial charge on any atom is 0.416 e. The molecule has 0 spiro atoms. The van der Waals surface area contributed by atoms with Gasteiger partial charge in [0.1, 0.15) is 0 Å². The molecule has 0 unspecified atom stereocenters. The second-order valence-electron chi connectivity index (χ2n) is 8.46. The van der Waals surface area contributed by atoms with E-state index < -0.39 is 23.4 Å². The van der Waals surface area contributed by atoms with Crippen LogP contribution in [-0.2, 0) is 25.8 Å². The topological polar surface area (TPSA) is 8.17 Å². The summed E-state index contributed by atoms with van der Waals surface area (Å²) < 4.78 is 67.5. The highest BCUT2D eigenvalue weighted by atomic mass is 19.4. The molecule has 3 aromatic rings. The van der Waals surface area contributed by atoms with E-state index in [1.54, 1.807) is 6.07 Å². The van der Waals surface area contributed by atoms with E-state index in [0.29, 0.717) is 31.1 Å². The molecule has 1 heterocycles. The Hall–Kier alpha value is -2.67.